The predicted molar refractivity (Wildman–Crippen MR) is 98.3 cm³/mol. The molecule has 0 radical (unpaired) electrons. The summed E-state index contributed by atoms with van der Waals surface area (Å²) in [5.41, 5.74) is 4.13. The minimum absolute atomic E-state index is 0.0757. The Kier molecular flexibility index (Phi) is 4.98. The summed E-state index contributed by atoms with van der Waals surface area (Å²) in [6, 6.07) is 15.7. The van der Waals surface area contributed by atoms with E-state index >= 15 is 0 Å². The van der Waals surface area contributed by atoms with Crippen molar-refractivity contribution in [1.29, 1.82) is 0 Å². The van der Waals surface area contributed by atoms with Crippen LogP contribution in [0, 0.1) is 6.92 Å². The number of nitrogens with zero attached hydrogens (tertiary/aromatic N) is 1. The van der Waals surface area contributed by atoms with Crippen LogP contribution in [-0.2, 0) is 20.7 Å². The number of rotatable bonds is 4. The average molecular weight is 335 g/mol. The molecule has 2 aromatic rings. The van der Waals surface area contributed by atoms with Crippen molar-refractivity contribution in [1.82, 2.24) is 0 Å². The Morgan fingerprint density at radius 1 is 1.16 bits per heavy atom. The minimum Gasteiger partial charge on any atom is -0.452 e. The second kappa shape index (κ2) is 7.34. The molecule has 0 spiro atoms. The highest BCUT2D eigenvalue weighted by Gasteiger charge is 2.30. The van der Waals surface area contributed by atoms with Gasteiger partial charge in [0.25, 0.3) is 5.91 Å². The summed E-state index contributed by atoms with van der Waals surface area (Å²) in [6.45, 7) is 3.75. The van der Waals surface area contributed by atoms with Crippen LogP contribution in [0.25, 0.3) is 6.08 Å². The van der Waals surface area contributed by atoms with E-state index in [2.05, 4.69) is 0 Å². The number of ether oxygens (including phenoxy) is 1. The van der Waals surface area contributed by atoms with Gasteiger partial charge in [0.2, 0.25) is 0 Å². The van der Waals surface area contributed by atoms with Crippen molar-refractivity contribution in [2.24, 2.45) is 0 Å². The number of hydrogen-bond acceptors (Lipinski definition) is 3. The van der Waals surface area contributed by atoms with Gasteiger partial charge in [0, 0.05) is 17.8 Å². The molecule has 3 rings (SSSR count). The van der Waals surface area contributed by atoms with Gasteiger partial charge in [-0.3, -0.25) is 4.79 Å². The topological polar surface area (TPSA) is 46.6 Å². The molecule has 0 bridgehead atoms. The molecule has 0 N–H and O–H groups in total. The molecular formula is C21H21NO3. The fraction of sp³-hybridized carbons (Fsp3) is 0.238. The van der Waals surface area contributed by atoms with Gasteiger partial charge in [-0.1, -0.05) is 48.0 Å². The Morgan fingerprint density at radius 3 is 2.64 bits per heavy atom. The lowest BCUT2D eigenvalue weighted by Gasteiger charge is -2.22. The lowest BCUT2D eigenvalue weighted by Crippen LogP contribution is -2.38. The second-order valence-corrected chi connectivity index (χ2v) is 6.30. The van der Waals surface area contributed by atoms with Crippen LogP contribution in [-0.4, -0.2) is 24.5 Å². The molecule has 25 heavy (non-hydrogen) atoms. The largest absolute Gasteiger partial charge is 0.452 e. The van der Waals surface area contributed by atoms with Crippen molar-refractivity contribution in [3.05, 3.63) is 71.3 Å². The lowest BCUT2D eigenvalue weighted by atomic mass is 10.1. The van der Waals surface area contributed by atoms with E-state index in [0.717, 1.165) is 28.8 Å². The number of benzene rings is 2. The maximum atomic E-state index is 12.5. The first kappa shape index (κ1) is 17.0. The Hall–Kier alpha value is -2.88. The van der Waals surface area contributed by atoms with Crippen LogP contribution in [0.4, 0.5) is 5.69 Å². The summed E-state index contributed by atoms with van der Waals surface area (Å²) in [6.07, 6.45) is 3.85. The van der Waals surface area contributed by atoms with Gasteiger partial charge in [0.05, 0.1) is 0 Å². The van der Waals surface area contributed by atoms with Gasteiger partial charge in [-0.05, 0) is 43.5 Å². The van der Waals surface area contributed by atoms with Gasteiger partial charge < -0.3 is 9.64 Å². The molecule has 0 saturated carbocycles. The number of carbonyl (C=O) groups excluding carboxylic acids is 2. The first-order valence-electron chi connectivity index (χ1n) is 8.36. The molecule has 4 nitrogen and oxygen atoms in total. The molecule has 2 aromatic carbocycles. The summed E-state index contributed by atoms with van der Waals surface area (Å²) >= 11 is 0. The molecule has 1 heterocycles. The fourth-order valence-electron chi connectivity index (χ4n) is 3.04. The quantitative estimate of drug-likeness (QED) is 0.634. The van der Waals surface area contributed by atoms with E-state index < -0.39 is 5.97 Å². The van der Waals surface area contributed by atoms with Crippen LogP contribution in [0.5, 0.6) is 0 Å². The zero-order chi connectivity index (χ0) is 17.8. The Balaban J connectivity index is 1.57. The second-order valence-electron chi connectivity index (χ2n) is 6.30. The van der Waals surface area contributed by atoms with Gasteiger partial charge in [-0.2, -0.15) is 0 Å². The number of fused-ring (bicyclic) bond motifs is 1. The normalized spacial score (nSPS) is 16.1. The molecule has 1 atom stereocenters. The van der Waals surface area contributed by atoms with Crippen molar-refractivity contribution in [2.45, 2.75) is 26.3 Å². The molecule has 0 aliphatic carbocycles. The van der Waals surface area contributed by atoms with Gasteiger partial charge in [-0.15, -0.1) is 0 Å². The average Bonchev–Trinajstić information content (AvgIpc) is 2.95. The summed E-state index contributed by atoms with van der Waals surface area (Å²) in [5.74, 6) is -0.719. The highest BCUT2D eigenvalue weighted by molar-refractivity contribution is 5.98. The van der Waals surface area contributed by atoms with Crippen LogP contribution in [0.1, 0.15) is 23.6 Å². The van der Waals surface area contributed by atoms with E-state index in [1.165, 1.54) is 6.08 Å². The molecule has 0 saturated heterocycles. The number of hydrogen-bond donors (Lipinski definition) is 0. The third-order valence-electron chi connectivity index (χ3n) is 4.30. The van der Waals surface area contributed by atoms with E-state index in [1.807, 2.05) is 62.4 Å². The third-order valence-corrected chi connectivity index (χ3v) is 4.30. The van der Waals surface area contributed by atoms with E-state index in [0.29, 0.717) is 0 Å². The van der Waals surface area contributed by atoms with Crippen molar-refractivity contribution in [3.8, 4) is 0 Å². The number of carbonyl (C=O) groups is 2. The molecule has 1 aliphatic rings. The SMILES string of the molecule is Cc1ccc(/C=C/C(=O)OCC(=O)N2c3ccccc3C[C@H]2C)cc1. The predicted octanol–water partition coefficient (Wildman–Crippen LogP) is 3.53. The van der Waals surface area contributed by atoms with Crippen molar-refractivity contribution < 1.29 is 14.3 Å². The number of anilines is 1. The van der Waals surface area contributed by atoms with Crippen LogP contribution >= 0.6 is 0 Å². The maximum Gasteiger partial charge on any atom is 0.331 e. The summed E-state index contributed by atoms with van der Waals surface area (Å²) in [7, 11) is 0. The number of amides is 1. The van der Waals surface area contributed by atoms with Crippen molar-refractivity contribution >= 4 is 23.6 Å². The Morgan fingerprint density at radius 2 is 1.88 bits per heavy atom. The first-order chi connectivity index (χ1) is 12.0. The first-order valence-corrected chi connectivity index (χ1v) is 8.36. The number of para-hydroxylation sites is 1. The van der Waals surface area contributed by atoms with E-state index in [9.17, 15) is 9.59 Å². The van der Waals surface area contributed by atoms with Crippen molar-refractivity contribution in [2.75, 3.05) is 11.5 Å². The summed E-state index contributed by atoms with van der Waals surface area (Å²) in [5, 5.41) is 0. The summed E-state index contributed by atoms with van der Waals surface area (Å²) in [4.78, 5) is 26.0. The lowest BCUT2D eigenvalue weighted by molar-refractivity contribution is -0.143. The van der Waals surface area contributed by atoms with Crippen molar-refractivity contribution in [3.63, 3.8) is 0 Å². The van der Waals surface area contributed by atoms with E-state index in [4.69, 9.17) is 4.74 Å². The standard InChI is InChI=1S/C21H21NO3/c1-15-7-9-17(10-8-15)11-12-21(24)25-14-20(23)22-16(2)13-18-5-3-4-6-19(18)22/h3-12,16H,13-14H2,1-2H3/b12-11+/t16-/m1/s1. The highest BCUT2D eigenvalue weighted by atomic mass is 16.5. The van der Waals surface area contributed by atoms with Gasteiger partial charge >= 0.3 is 5.97 Å². The van der Waals surface area contributed by atoms with E-state index in [1.54, 1.807) is 11.0 Å². The van der Waals surface area contributed by atoms with Gasteiger partial charge in [0.1, 0.15) is 0 Å². The molecule has 128 valence electrons. The minimum atomic E-state index is -0.519. The van der Waals surface area contributed by atoms with E-state index in [-0.39, 0.29) is 18.6 Å². The van der Waals surface area contributed by atoms with Gasteiger partial charge in [-0.25, -0.2) is 4.79 Å². The molecule has 4 heteroatoms. The van der Waals surface area contributed by atoms with Crippen LogP contribution in [0.2, 0.25) is 0 Å². The van der Waals surface area contributed by atoms with Crippen LogP contribution in [0.3, 0.4) is 0 Å². The molecular weight excluding hydrogens is 314 g/mol. The zero-order valence-corrected chi connectivity index (χ0v) is 14.4. The molecule has 0 unspecified atom stereocenters. The Bertz CT molecular complexity index is 808. The molecule has 0 fully saturated rings. The Labute approximate surface area is 147 Å². The molecule has 1 amide bonds. The van der Waals surface area contributed by atoms with Gasteiger partial charge in [0.15, 0.2) is 6.61 Å². The van der Waals surface area contributed by atoms with Crippen LogP contribution < -0.4 is 4.90 Å². The molecule has 0 aromatic heterocycles. The molecule has 1 aliphatic heterocycles. The highest BCUT2D eigenvalue weighted by Crippen LogP contribution is 2.31. The zero-order valence-electron chi connectivity index (χ0n) is 14.4. The third kappa shape index (κ3) is 3.97. The number of aryl methyl sites for hydroxylation is 1. The van der Waals surface area contributed by atoms with Crippen LogP contribution in [0.15, 0.2) is 54.6 Å². The monoisotopic (exact) mass is 335 g/mol. The fourth-order valence-corrected chi connectivity index (χ4v) is 3.04. The number of esters is 1. The summed E-state index contributed by atoms with van der Waals surface area (Å²) < 4.78 is 5.11. The smallest absolute Gasteiger partial charge is 0.331 e. The maximum absolute atomic E-state index is 12.5.